The number of nitrogens with one attached hydrogen (secondary N) is 1. The number of carboxylic acids is 1. The number of benzene rings is 1. The average molecular weight is 317 g/mol. The zero-order valence-electron chi connectivity index (χ0n) is 13.0. The van der Waals surface area contributed by atoms with Gasteiger partial charge in [-0.3, -0.25) is 10.1 Å². The number of amides is 2. The maximum Gasteiger partial charge on any atom is 0.322 e. The Morgan fingerprint density at radius 3 is 2.70 bits per heavy atom. The van der Waals surface area contributed by atoms with Gasteiger partial charge in [0.1, 0.15) is 0 Å². The van der Waals surface area contributed by atoms with Gasteiger partial charge >= 0.3 is 12.0 Å². The van der Waals surface area contributed by atoms with Crippen molar-refractivity contribution in [2.75, 3.05) is 18.9 Å². The summed E-state index contributed by atoms with van der Waals surface area (Å²) < 4.78 is 1.62. The molecule has 8 nitrogen and oxygen atoms in total. The fourth-order valence-corrected chi connectivity index (χ4v) is 1.98. The molecule has 2 amide bonds. The molecule has 1 atom stereocenters. The van der Waals surface area contributed by atoms with E-state index in [0.29, 0.717) is 12.4 Å². The number of hydrogen-bond donors (Lipinski definition) is 2. The lowest BCUT2D eigenvalue weighted by Gasteiger charge is -2.18. The summed E-state index contributed by atoms with van der Waals surface area (Å²) in [6.45, 7) is 2.21. The van der Waals surface area contributed by atoms with Gasteiger partial charge in [-0.05, 0) is 5.56 Å². The van der Waals surface area contributed by atoms with Crippen molar-refractivity contribution in [1.82, 2.24) is 19.9 Å². The van der Waals surface area contributed by atoms with Crippen molar-refractivity contribution in [3.05, 3.63) is 42.1 Å². The largest absolute Gasteiger partial charge is 0.481 e. The van der Waals surface area contributed by atoms with Crippen molar-refractivity contribution < 1.29 is 14.7 Å². The van der Waals surface area contributed by atoms with Gasteiger partial charge in [-0.15, -0.1) is 5.10 Å². The van der Waals surface area contributed by atoms with Gasteiger partial charge in [-0.1, -0.05) is 42.5 Å². The van der Waals surface area contributed by atoms with Gasteiger partial charge in [0.15, 0.2) is 5.82 Å². The number of aromatic nitrogens is 3. The fourth-order valence-electron chi connectivity index (χ4n) is 1.98. The highest BCUT2D eigenvalue weighted by Crippen LogP contribution is 2.06. The number of carbonyl (C=O) groups excluding carboxylic acids is 1. The lowest BCUT2D eigenvalue weighted by Crippen LogP contribution is -2.36. The van der Waals surface area contributed by atoms with E-state index in [1.807, 2.05) is 30.3 Å². The molecule has 1 heterocycles. The topological polar surface area (TPSA) is 100 Å². The molecule has 0 saturated carbocycles. The van der Waals surface area contributed by atoms with Crippen molar-refractivity contribution in [1.29, 1.82) is 0 Å². The molecule has 1 aromatic heterocycles. The van der Waals surface area contributed by atoms with Gasteiger partial charge in [0.2, 0.25) is 0 Å². The Morgan fingerprint density at radius 1 is 1.35 bits per heavy atom. The van der Waals surface area contributed by atoms with E-state index in [9.17, 15) is 9.59 Å². The van der Waals surface area contributed by atoms with Gasteiger partial charge < -0.3 is 10.0 Å². The predicted octanol–water partition coefficient (Wildman–Crippen LogP) is 1.51. The number of anilines is 1. The molecule has 1 unspecified atom stereocenters. The molecular weight excluding hydrogens is 298 g/mol. The van der Waals surface area contributed by atoms with Crippen LogP contribution in [0.3, 0.4) is 0 Å². The molecule has 2 N–H and O–H groups in total. The van der Waals surface area contributed by atoms with Crippen LogP contribution >= 0.6 is 0 Å². The zero-order chi connectivity index (χ0) is 16.8. The molecule has 8 heteroatoms. The van der Waals surface area contributed by atoms with Crippen molar-refractivity contribution in [2.24, 2.45) is 5.92 Å². The average Bonchev–Trinajstić information content (AvgIpc) is 2.95. The van der Waals surface area contributed by atoms with Crippen LogP contribution in [0, 0.1) is 5.92 Å². The Bertz CT molecular complexity index is 671. The second-order valence-electron chi connectivity index (χ2n) is 5.34. The summed E-state index contributed by atoms with van der Waals surface area (Å²) in [5.74, 6) is -1.27. The summed E-state index contributed by atoms with van der Waals surface area (Å²) in [6.07, 6.45) is 1.62. The first kappa shape index (κ1) is 16.5. The van der Waals surface area contributed by atoms with E-state index in [2.05, 4.69) is 15.6 Å². The van der Waals surface area contributed by atoms with E-state index < -0.39 is 17.9 Å². The van der Waals surface area contributed by atoms with Crippen LogP contribution in [-0.4, -0.2) is 50.6 Å². The third kappa shape index (κ3) is 4.80. The number of nitrogens with zero attached hydrogens (tertiary/aromatic N) is 4. The van der Waals surface area contributed by atoms with Gasteiger partial charge in [-0.2, -0.15) is 0 Å². The maximum absolute atomic E-state index is 12.0. The van der Waals surface area contributed by atoms with E-state index in [4.69, 9.17) is 5.11 Å². The first-order chi connectivity index (χ1) is 11.0. The number of urea groups is 1. The summed E-state index contributed by atoms with van der Waals surface area (Å²) in [4.78, 5) is 24.1. The van der Waals surface area contributed by atoms with Crippen molar-refractivity contribution >= 4 is 17.8 Å². The Labute approximate surface area is 133 Å². The highest BCUT2D eigenvalue weighted by molar-refractivity contribution is 5.88. The first-order valence-corrected chi connectivity index (χ1v) is 7.14. The molecule has 0 bridgehead atoms. The Morgan fingerprint density at radius 2 is 2.04 bits per heavy atom. The molecule has 0 aliphatic rings. The lowest BCUT2D eigenvalue weighted by molar-refractivity contribution is -0.141. The van der Waals surface area contributed by atoms with Crippen molar-refractivity contribution in [2.45, 2.75) is 13.5 Å². The van der Waals surface area contributed by atoms with E-state index in [1.165, 1.54) is 11.9 Å². The quantitative estimate of drug-likeness (QED) is 0.841. The van der Waals surface area contributed by atoms with E-state index in [1.54, 1.807) is 17.8 Å². The number of hydrogen-bond acceptors (Lipinski definition) is 4. The Hall–Kier alpha value is -2.90. The minimum Gasteiger partial charge on any atom is -0.481 e. The molecule has 2 rings (SSSR count). The summed E-state index contributed by atoms with van der Waals surface area (Å²) in [6, 6.07) is 9.33. The number of aliphatic carboxylic acids is 1. The highest BCUT2D eigenvalue weighted by Gasteiger charge is 2.18. The van der Waals surface area contributed by atoms with Gasteiger partial charge in [0.05, 0.1) is 18.7 Å². The molecule has 1 aromatic carbocycles. The third-order valence-corrected chi connectivity index (χ3v) is 3.28. The van der Waals surface area contributed by atoms with Crippen LogP contribution < -0.4 is 5.32 Å². The summed E-state index contributed by atoms with van der Waals surface area (Å²) in [5.41, 5.74) is 1.07. The molecular formula is C15H19N5O3. The third-order valence-electron chi connectivity index (χ3n) is 3.28. The van der Waals surface area contributed by atoms with E-state index in [-0.39, 0.29) is 6.54 Å². The highest BCUT2D eigenvalue weighted by atomic mass is 16.4. The van der Waals surface area contributed by atoms with E-state index >= 15 is 0 Å². The normalized spacial score (nSPS) is 11.7. The zero-order valence-corrected chi connectivity index (χ0v) is 13.0. The van der Waals surface area contributed by atoms with Crippen LogP contribution in [0.4, 0.5) is 10.6 Å². The molecule has 23 heavy (non-hydrogen) atoms. The minimum atomic E-state index is -0.946. The molecule has 2 aromatic rings. The lowest BCUT2D eigenvalue weighted by atomic mass is 10.2. The molecule has 0 fully saturated rings. The Balaban J connectivity index is 1.91. The van der Waals surface area contributed by atoms with Crippen LogP contribution in [-0.2, 0) is 11.3 Å². The molecule has 0 radical (unpaired) electrons. The number of carbonyl (C=O) groups is 2. The van der Waals surface area contributed by atoms with Gasteiger partial charge in [0.25, 0.3) is 0 Å². The maximum atomic E-state index is 12.0. The van der Waals surface area contributed by atoms with Crippen LogP contribution in [0.5, 0.6) is 0 Å². The van der Waals surface area contributed by atoms with Crippen LogP contribution in [0.25, 0.3) is 0 Å². The summed E-state index contributed by atoms with van der Waals surface area (Å²) in [7, 11) is 1.53. The van der Waals surface area contributed by atoms with E-state index in [0.717, 1.165) is 5.56 Å². The summed E-state index contributed by atoms with van der Waals surface area (Å²) >= 11 is 0. The van der Waals surface area contributed by atoms with Crippen LogP contribution in [0.1, 0.15) is 12.5 Å². The second kappa shape index (κ2) is 7.39. The van der Waals surface area contributed by atoms with Crippen molar-refractivity contribution in [3.63, 3.8) is 0 Å². The second-order valence-corrected chi connectivity index (χ2v) is 5.34. The number of carboxylic acid groups (broad SMARTS) is 1. The van der Waals surface area contributed by atoms with Gasteiger partial charge in [0, 0.05) is 13.6 Å². The number of rotatable bonds is 6. The molecule has 0 saturated heterocycles. The molecule has 0 aliphatic heterocycles. The van der Waals surface area contributed by atoms with Gasteiger partial charge in [-0.25, -0.2) is 9.48 Å². The predicted molar refractivity (Wildman–Crippen MR) is 84.0 cm³/mol. The fraction of sp³-hybridized carbons (Fsp3) is 0.333. The molecule has 0 aliphatic carbocycles. The molecule has 0 spiro atoms. The standard InChI is InChI=1S/C15H19N5O3/c1-11(14(21)22)8-19(2)15(23)16-13-10-20(18-17-13)9-12-6-4-3-5-7-12/h3-7,10-11H,8-9H2,1-2H3,(H,16,23)(H,21,22). The monoisotopic (exact) mass is 317 g/mol. The summed E-state index contributed by atoms with van der Waals surface area (Å²) in [5, 5.41) is 19.3. The SMILES string of the molecule is CC(CN(C)C(=O)Nc1cn(Cc2ccccc2)nn1)C(=O)O. The molecule has 122 valence electrons. The van der Waals surface area contributed by atoms with Crippen molar-refractivity contribution in [3.8, 4) is 0 Å². The van der Waals surface area contributed by atoms with Crippen LogP contribution in [0.15, 0.2) is 36.5 Å². The smallest absolute Gasteiger partial charge is 0.322 e. The first-order valence-electron chi connectivity index (χ1n) is 7.14. The minimum absolute atomic E-state index is 0.110. The Kier molecular flexibility index (Phi) is 5.29. The van der Waals surface area contributed by atoms with Crippen LogP contribution in [0.2, 0.25) is 0 Å².